The predicted molar refractivity (Wildman–Crippen MR) is 76.7 cm³/mol. The van der Waals surface area contributed by atoms with Crippen LogP contribution in [0.15, 0.2) is 0 Å². The summed E-state index contributed by atoms with van der Waals surface area (Å²) in [5.41, 5.74) is 0.410. The molecule has 2 heteroatoms. The van der Waals surface area contributed by atoms with Crippen molar-refractivity contribution >= 4 is 0 Å². The maximum absolute atomic E-state index is 3.86. The summed E-state index contributed by atoms with van der Waals surface area (Å²) in [6.45, 7) is 8.81. The van der Waals surface area contributed by atoms with Crippen LogP contribution in [-0.4, -0.2) is 36.1 Å². The van der Waals surface area contributed by atoms with E-state index in [0.717, 1.165) is 17.9 Å². The van der Waals surface area contributed by atoms with Gasteiger partial charge in [-0.2, -0.15) is 0 Å². The van der Waals surface area contributed by atoms with Gasteiger partial charge in [0.1, 0.15) is 0 Å². The molecular weight excluding hydrogens is 220 g/mol. The molecule has 18 heavy (non-hydrogen) atoms. The van der Waals surface area contributed by atoms with Gasteiger partial charge in [-0.3, -0.25) is 4.90 Å². The second-order valence-corrected chi connectivity index (χ2v) is 7.27. The summed E-state index contributed by atoms with van der Waals surface area (Å²) in [4.78, 5) is 2.85. The molecule has 0 amide bonds. The van der Waals surface area contributed by atoms with Crippen molar-refractivity contribution in [2.24, 2.45) is 11.8 Å². The Hall–Kier alpha value is -0.0800. The van der Waals surface area contributed by atoms with Crippen LogP contribution in [0.1, 0.15) is 58.8 Å². The highest BCUT2D eigenvalue weighted by Gasteiger charge is 2.44. The van der Waals surface area contributed by atoms with Crippen molar-refractivity contribution in [3.05, 3.63) is 0 Å². The summed E-state index contributed by atoms with van der Waals surface area (Å²) >= 11 is 0. The van der Waals surface area contributed by atoms with E-state index in [1.165, 1.54) is 64.6 Å². The van der Waals surface area contributed by atoms with Gasteiger partial charge in [-0.15, -0.1) is 0 Å². The molecule has 3 fully saturated rings. The Morgan fingerprint density at radius 2 is 1.83 bits per heavy atom. The average Bonchev–Trinajstić information content (AvgIpc) is 3.16. The molecule has 0 aromatic heterocycles. The van der Waals surface area contributed by atoms with Gasteiger partial charge in [0, 0.05) is 18.1 Å². The number of nitrogens with zero attached hydrogens (tertiary/aromatic N) is 1. The van der Waals surface area contributed by atoms with E-state index in [-0.39, 0.29) is 0 Å². The van der Waals surface area contributed by atoms with Crippen molar-refractivity contribution in [2.45, 2.75) is 70.4 Å². The van der Waals surface area contributed by atoms with E-state index in [1.807, 2.05) is 0 Å². The topological polar surface area (TPSA) is 15.3 Å². The van der Waals surface area contributed by atoms with Gasteiger partial charge in [0.15, 0.2) is 0 Å². The normalized spacial score (nSPS) is 43.7. The van der Waals surface area contributed by atoms with Crippen LogP contribution in [-0.2, 0) is 0 Å². The lowest BCUT2D eigenvalue weighted by Gasteiger charge is -2.42. The molecule has 0 spiro atoms. The van der Waals surface area contributed by atoms with E-state index in [4.69, 9.17) is 0 Å². The van der Waals surface area contributed by atoms with E-state index in [2.05, 4.69) is 24.1 Å². The Morgan fingerprint density at radius 1 is 1.06 bits per heavy atom. The van der Waals surface area contributed by atoms with Crippen molar-refractivity contribution in [2.75, 3.05) is 19.6 Å². The zero-order valence-corrected chi connectivity index (χ0v) is 12.3. The summed E-state index contributed by atoms with van der Waals surface area (Å²) in [6, 6.07) is 0.872. The Kier molecular flexibility index (Phi) is 3.68. The zero-order chi connectivity index (χ0) is 12.6. The summed E-state index contributed by atoms with van der Waals surface area (Å²) in [6.07, 6.45) is 10.1. The largest absolute Gasteiger partial charge is 0.310 e. The molecule has 2 saturated carbocycles. The maximum atomic E-state index is 3.86. The Labute approximate surface area is 113 Å². The van der Waals surface area contributed by atoms with Gasteiger partial charge in [-0.05, 0) is 64.0 Å². The first-order chi connectivity index (χ1) is 8.69. The first-order valence-electron chi connectivity index (χ1n) is 8.18. The molecule has 1 aliphatic heterocycles. The number of rotatable bonds is 2. The first-order valence-corrected chi connectivity index (χ1v) is 8.18. The van der Waals surface area contributed by atoms with Gasteiger partial charge in [0.25, 0.3) is 0 Å². The minimum atomic E-state index is 0.410. The van der Waals surface area contributed by atoms with Gasteiger partial charge >= 0.3 is 0 Å². The van der Waals surface area contributed by atoms with E-state index in [1.54, 1.807) is 0 Å². The molecule has 1 heterocycles. The van der Waals surface area contributed by atoms with Crippen molar-refractivity contribution in [3.63, 3.8) is 0 Å². The van der Waals surface area contributed by atoms with Crippen LogP contribution in [0.25, 0.3) is 0 Å². The SMILES string of the molecule is CC1CCCCC1N1CCCNC(C)(C2CC2)C1. The number of hydrogen-bond acceptors (Lipinski definition) is 2. The molecule has 2 nitrogen and oxygen atoms in total. The minimum absolute atomic E-state index is 0.410. The highest BCUT2D eigenvalue weighted by atomic mass is 15.2. The van der Waals surface area contributed by atoms with Crippen LogP contribution < -0.4 is 5.32 Å². The molecule has 3 aliphatic rings. The fraction of sp³-hybridized carbons (Fsp3) is 1.00. The van der Waals surface area contributed by atoms with Gasteiger partial charge in [-0.1, -0.05) is 19.8 Å². The van der Waals surface area contributed by atoms with Crippen molar-refractivity contribution in [1.29, 1.82) is 0 Å². The maximum Gasteiger partial charge on any atom is 0.0308 e. The quantitative estimate of drug-likeness (QED) is 0.810. The van der Waals surface area contributed by atoms with Crippen LogP contribution >= 0.6 is 0 Å². The second kappa shape index (κ2) is 5.13. The minimum Gasteiger partial charge on any atom is -0.310 e. The van der Waals surface area contributed by atoms with Crippen LogP contribution in [0, 0.1) is 11.8 Å². The lowest BCUT2D eigenvalue weighted by atomic mass is 9.83. The van der Waals surface area contributed by atoms with Gasteiger partial charge < -0.3 is 5.32 Å². The third kappa shape index (κ3) is 2.60. The van der Waals surface area contributed by atoms with E-state index in [0.29, 0.717) is 5.54 Å². The summed E-state index contributed by atoms with van der Waals surface area (Å²) in [5.74, 6) is 1.87. The number of hydrogen-bond donors (Lipinski definition) is 1. The molecule has 1 N–H and O–H groups in total. The highest BCUT2D eigenvalue weighted by molar-refractivity contribution is 5.02. The Balaban J connectivity index is 1.69. The highest BCUT2D eigenvalue weighted by Crippen LogP contribution is 2.41. The molecule has 3 rings (SSSR count). The molecule has 1 saturated heterocycles. The Bertz CT molecular complexity index is 287. The van der Waals surface area contributed by atoms with Crippen LogP contribution in [0.4, 0.5) is 0 Å². The molecule has 0 aromatic rings. The van der Waals surface area contributed by atoms with Gasteiger partial charge in [0.2, 0.25) is 0 Å². The zero-order valence-electron chi connectivity index (χ0n) is 12.3. The fourth-order valence-corrected chi connectivity index (χ4v) is 4.33. The molecule has 3 unspecified atom stereocenters. The lowest BCUT2D eigenvalue weighted by Crippen LogP contribution is -2.54. The molecule has 0 radical (unpaired) electrons. The summed E-state index contributed by atoms with van der Waals surface area (Å²) in [5, 5.41) is 3.86. The number of nitrogens with one attached hydrogen (secondary N) is 1. The average molecular weight is 250 g/mol. The lowest BCUT2D eigenvalue weighted by molar-refractivity contribution is 0.0884. The second-order valence-electron chi connectivity index (χ2n) is 7.27. The molecular formula is C16H30N2. The van der Waals surface area contributed by atoms with E-state index < -0.39 is 0 Å². The smallest absolute Gasteiger partial charge is 0.0308 e. The summed E-state index contributed by atoms with van der Waals surface area (Å²) < 4.78 is 0. The van der Waals surface area contributed by atoms with Crippen LogP contribution in [0.3, 0.4) is 0 Å². The van der Waals surface area contributed by atoms with E-state index >= 15 is 0 Å². The van der Waals surface area contributed by atoms with Crippen molar-refractivity contribution in [3.8, 4) is 0 Å². The van der Waals surface area contributed by atoms with Crippen LogP contribution in [0.5, 0.6) is 0 Å². The standard InChI is InChI=1S/C16H30N2/c1-13-6-3-4-7-15(13)18-11-5-10-17-16(2,12-18)14-8-9-14/h13-15,17H,3-12H2,1-2H3. The van der Waals surface area contributed by atoms with Crippen LogP contribution in [0.2, 0.25) is 0 Å². The van der Waals surface area contributed by atoms with Gasteiger partial charge in [-0.25, -0.2) is 0 Å². The summed E-state index contributed by atoms with van der Waals surface area (Å²) in [7, 11) is 0. The third-order valence-corrected chi connectivity index (χ3v) is 5.70. The Morgan fingerprint density at radius 3 is 2.56 bits per heavy atom. The fourth-order valence-electron chi connectivity index (χ4n) is 4.33. The molecule has 2 aliphatic carbocycles. The molecule has 0 aromatic carbocycles. The van der Waals surface area contributed by atoms with E-state index in [9.17, 15) is 0 Å². The molecule has 0 bridgehead atoms. The van der Waals surface area contributed by atoms with Gasteiger partial charge in [0.05, 0.1) is 0 Å². The predicted octanol–water partition coefficient (Wildman–Crippen LogP) is 3.03. The monoisotopic (exact) mass is 250 g/mol. The molecule has 3 atom stereocenters. The van der Waals surface area contributed by atoms with Crippen molar-refractivity contribution in [1.82, 2.24) is 10.2 Å². The first kappa shape index (κ1) is 12.9. The molecule has 104 valence electrons. The van der Waals surface area contributed by atoms with Crippen molar-refractivity contribution < 1.29 is 0 Å². The third-order valence-electron chi connectivity index (χ3n) is 5.70.